The maximum atomic E-state index is 5.42. The van der Waals surface area contributed by atoms with Crippen LogP contribution in [-0.4, -0.2) is 30.1 Å². The van der Waals surface area contributed by atoms with E-state index in [-0.39, 0.29) is 11.0 Å². The second-order valence-corrected chi connectivity index (χ2v) is 7.60. The molecule has 0 aromatic heterocycles. The van der Waals surface area contributed by atoms with Gasteiger partial charge in [-0.3, -0.25) is 0 Å². The predicted octanol–water partition coefficient (Wildman–Crippen LogP) is 2.30. The molecule has 0 saturated carbocycles. The van der Waals surface area contributed by atoms with Gasteiger partial charge in [-0.2, -0.15) is 0 Å². The Morgan fingerprint density at radius 3 is 1.31 bits per heavy atom. The molecule has 0 fully saturated rings. The van der Waals surface area contributed by atoms with Gasteiger partial charge in [0.15, 0.2) is 0 Å². The largest absolute Gasteiger partial charge is 0.503 e. The standard InChI is InChI=1S/C9H22O3Si/c1-8(9(2,3)4)13(10-5,11-6)12-7/h8H,1-7H3. The number of rotatable bonds is 4. The van der Waals surface area contributed by atoms with Gasteiger partial charge in [0.1, 0.15) is 0 Å². The van der Waals surface area contributed by atoms with Crippen LogP contribution in [0.4, 0.5) is 0 Å². The van der Waals surface area contributed by atoms with Crippen molar-refractivity contribution in [1.82, 2.24) is 0 Å². The van der Waals surface area contributed by atoms with E-state index in [0.717, 1.165) is 0 Å². The van der Waals surface area contributed by atoms with Gasteiger partial charge in [0.05, 0.1) is 0 Å². The summed E-state index contributed by atoms with van der Waals surface area (Å²) in [5.74, 6) is 0. The smallest absolute Gasteiger partial charge is 0.377 e. The highest BCUT2D eigenvalue weighted by Gasteiger charge is 2.49. The molecular formula is C9H22O3Si. The Morgan fingerprint density at radius 1 is 0.923 bits per heavy atom. The molecule has 0 heterocycles. The average molecular weight is 206 g/mol. The van der Waals surface area contributed by atoms with E-state index < -0.39 is 8.80 Å². The normalized spacial score (nSPS) is 15.9. The molecule has 1 atom stereocenters. The number of hydrogen-bond donors (Lipinski definition) is 0. The molecule has 3 nitrogen and oxygen atoms in total. The Bertz CT molecular complexity index is 141. The SMILES string of the molecule is CO[Si](OC)(OC)C(C)C(C)(C)C. The van der Waals surface area contributed by atoms with E-state index in [0.29, 0.717) is 0 Å². The molecule has 4 heteroatoms. The van der Waals surface area contributed by atoms with E-state index in [9.17, 15) is 0 Å². The average Bonchev–Trinajstić information content (AvgIpc) is 2.07. The summed E-state index contributed by atoms with van der Waals surface area (Å²) in [6.07, 6.45) is 0. The first-order valence-electron chi connectivity index (χ1n) is 4.49. The molecule has 0 spiro atoms. The van der Waals surface area contributed by atoms with E-state index in [1.807, 2.05) is 0 Å². The Morgan fingerprint density at radius 2 is 1.23 bits per heavy atom. The highest BCUT2D eigenvalue weighted by atomic mass is 28.4. The molecule has 0 aromatic carbocycles. The van der Waals surface area contributed by atoms with Crippen LogP contribution in [0.15, 0.2) is 0 Å². The molecule has 13 heavy (non-hydrogen) atoms. The minimum absolute atomic E-state index is 0.133. The first-order valence-corrected chi connectivity index (χ1v) is 6.29. The van der Waals surface area contributed by atoms with Crippen molar-refractivity contribution >= 4 is 8.80 Å². The summed E-state index contributed by atoms with van der Waals surface area (Å²) >= 11 is 0. The fourth-order valence-electron chi connectivity index (χ4n) is 1.31. The summed E-state index contributed by atoms with van der Waals surface area (Å²) in [5, 5.41) is 0. The Balaban J connectivity index is 4.73. The third-order valence-electron chi connectivity index (χ3n) is 2.68. The lowest BCUT2D eigenvalue weighted by atomic mass is 9.93. The van der Waals surface area contributed by atoms with Crippen LogP contribution in [0.1, 0.15) is 27.7 Å². The van der Waals surface area contributed by atoms with Crippen molar-refractivity contribution in [1.29, 1.82) is 0 Å². The van der Waals surface area contributed by atoms with Crippen LogP contribution in [0.5, 0.6) is 0 Å². The minimum Gasteiger partial charge on any atom is -0.377 e. The van der Waals surface area contributed by atoms with Gasteiger partial charge in [0.25, 0.3) is 0 Å². The van der Waals surface area contributed by atoms with Crippen molar-refractivity contribution in [2.45, 2.75) is 33.2 Å². The first-order chi connectivity index (χ1) is 5.84. The Kier molecular flexibility index (Phi) is 4.58. The zero-order valence-corrected chi connectivity index (χ0v) is 10.8. The highest BCUT2D eigenvalue weighted by Crippen LogP contribution is 2.39. The van der Waals surface area contributed by atoms with E-state index in [2.05, 4.69) is 27.7 Å². The second-order valence-electron chi connectivity index (χ2n) is 4.30. The highest BCUT2D eigenvalue weighted by molar-refractivity contribution is 6.62. The van der Waals surface area contributed by atoms with Crippen molar-refractivity contribution in [3.8, 4) is 0 Å². The van der Waals surface area contributed by atoms with Gasteiger partial charge >= 0.3 is 8.80 Å². The lowest BCUT2D eigenvalue weighted by Gasteiger charge is -2.37. The Hall–Kier alpha value is 0.0969. The molecule has 0 aromatic rings. The fraction of sp³-hybridized carbons (Fsp3) is 1.00. The molecule has 80 valence electrons. The van der Waals surface area contributed by atoms with Crippen molar-refractivity contribution in [3.05, 3.63) is 0 Å². The molecule has 0 amide bonds. The molecule has 0 bridgehead atoms. The molecular weight excluding hydrogens is 184 g/mol. The molecule has 1 unspecified atom stereocenters. The molecule has 0 saturated heterocycles. The third-order valence-corrected chi connectivity index (χ3v) is 6.32. The fourth-order valence-corrected chi connectivity index (χ4v) is 3.93. The van der Waals surface area contributed by atoms with Crippen LogP contribution in [0.25, 0.3) is 0 Å². The molecule has 0 radical (unpaired) electrons. The molecule has 0 aliphatic rings. The number of hydrogen-bond acceptors (Lipinski definition) is 3. The topological polar surface area (TPSA) is 27.7 Å². The maximum Gasteiger partial charge on any atom is 0.503 e. The molecule has 0 aliphatic heterocycles. The molecule has 0 rings (SSSR count). The van der Waals surface area contributed by atoms with Crippen molar-refractivity contribution in [2.24, 2.45) is 5.41 Å². The van der Waals surface area contributed by atoms with Gasteiger partial charge in [-0.05, 0) is 5.41 Å². The van der Waals surface area contributed by atoms with Gasteiger partial charge in [0, 0.05) is 26.9 Å². The van der Waals surface area contributed by atoms with Gasteiger partial charge < -0.3 is 13.3 Å². The zero-order chi connectivity index (χ0) is 10.7. The van der Waals surface area contributed by atoms with Crippen LogP contribution < -0.4 is 0 Å². The van der Waals surface area contributed by atoms with Crippen LogP contribution in [0, 0.1) is 5.41 Å². The summed E-state index contributed by atoms with van der Waals surface area (Å²) < 4.78 is 16.3. The summed E-state index contributed by atoms with van der Waals surface area (Å²) in [7, 11) is 2.51. The summed E-state index contributed by atoms with van der Waals surface area (Å²) in [6.45, 7) is 8.60. The lowest BCUT2D eigenvalue weighted by molar-refractivity contribution is 0.0948. The second kappa shape index (κ2) is 4.55. The van der Waals surface area contributed by atoms with Gasteiger partial charge in [-0.1, -0.05) is 27.7 Å². The predicted molar refractivity (Wildman–Crippen MR) is 55.7 cm³/mol. The van der Waals surface area contributed by atoms with Crippen LogP contribution in [-0.2, 0) is 13.3 Å². The first kappa shape index (κ1) is 13.1. The maximum absolute atomic E-state index is 5.42. The van der Waals surface area contributed by atoms with Crippen molar-refractivity contribution in [3.63, 3.8) is 0 Å². The quantitative estimate of drug-likeness (QED) is 0.661. The zero-order valence-electron chi connectivity index (χ0n) is 9.80. The summed E-state index contributed by atoms with van der Waals surface area (Å²) in [4.78, 5) is 0. The van der Waals surface area contributed by atoms with E-state index in [1.54, 1.807) is 21.3 Å². The third kappa shape index (κ3) is 2.77. The van der Waals surface area contributed by atoms with Gasteiger partial charge in [-0.15, -0.1) is 0 Å². The van der Waals surface area contributed by atoms with Crippen LogP contribution >= 0.6 is 0 Å². The van der Waals surface area contributed by atoms with Gasteiger partial charge in [-0.25, -0.2) is 0 Å². The lowest BCUT2D eigenvalue weighted by Crippen LogP contribution is -2.50. The van der Waals surface area contributed by atoms with E-state index >= 15 is 0 Å². The van der Waals surface area contributed by atoms with Crippen LogP contribution in [0.3, 0.4) is 0 Å². The molecule has 0 N–H and O–H groups in total. The van der Waals surface area contributed by atoms with Crippen LogP contribution in [0.2, 0.25) is 5.54 Å². The van der Waals surface area contributed by atoms with E-state index in [1.165, 1.54) is 0 Å². The summed E-state index contributed by atoms with van der Waals surface area (Å²) in [5.41, 5.74) is 0.411. The Labute approximate surface area is 82.8 Å². The van der Waals surface area contributed by atoms with Crippen molar-refractivity contribution in [2.75, 3.05) is 21.3 Å². The molecule has 0 aliphatic carbocycles. The minimum atomic E-state index is -2.46. The van der Waals surface area contributed by atoms with E-state index in [4.69, 9.17) is 13.3 Å². The van der Waals surface area contributed by atoms with Gasteiger partial charge in [0.2, 0.25) is 0 Å². The van der Waals surface area contributed by atoms with Crippen molar-refractivity contribution < 1.29 is 13.3 Å². The summed E-state index contributed by atoms with van der Waals surface area (Å²) in [6, 6.07) is 0. The monoisotopic (exact) mass is 206 g/mol.